The molecule has 3 aromatic rings. The maximum absolute atomic E-state index is 13.0. The molecule has 2 heterocycles. The summed E-state index contributed by atoms with van der Waals surface area (Å²) in [6.45, 7) is 4.71. The summed E-state index contributed by atoms with van der Waals surface area (Å²) in [4.78, 5) is 34.2. The second kappa shape index (κ2) is 9.19. The summed E-state index contributed by atoms with van der Waals surface area (Å²) in [5.74, 6) is -0.184. The average molecular weight is 406 g/mol. The minimum Gasteiger partial charge on any atom is -0.346 e. The second-order valence-corrected chi connectivity index (χ2v) is 7.81. The van der Waals surface area contributed by atoms with E-state index >= 15 is 0 Å². The molecule has 1 fully saturated rings. The Kier molecular flexibility index (Phi) is 6.21. The van der Waals surface area contributed by atoms with E-state index in [1.807, 2.05) is 54.6 Å². The number of rotatable bonds is 6. The van der Waals surface area contributed by atoms with Crippen LogP contribution in [0.5, 0.6) is 0 Å². The van der Waals surface area contributed by atoms with E-state index in [-0.39, 0.29) is 24.1 Å². The van der Waals surface area contributed by atoms with Crippen molar-refractivity contribution in [3.63, 3.8) is 0 Å². The standard InChI is InChI=1S/C23H27N5O2/c1-26-11-13-27(14-12-26)16-20(18-7-3-2-4-8-18)25-22(29)17-28-21-10-6-5-9-19(21)24-15-23(28)30/h2-10,15,20H,11-14,16-17H2,1H3,(H,25,29). The van der Waals surface area contributed by atoms with Gasteiger partial charge in [-0.2, -0.15) is 0 Å². The number of carbonyl (C=O) groups excluding carboxylic acids is 1. The van der Waals surface area contributed by atoms with Crippen LogP contribution in [0.1, 0.15) is 11.6 Å². The highest BCUT2D eigenvalue weighted by Gasteiger charge is 2.21. The van der Waals surface area contributed by atoms with Gasteiger partial charge in [0.15, 0.2) is 0 Å². The Labute approximate surface area is 175 Å². The molecule has 1 atom stereocenters. The summed E-state index contributed by atoms with van der Waals surface area (Å²) in [6, 6.07) is 17.2. The van der Waals surface area contributed by atoms with E-state index in [2.05, 4.69) is 27.1 Å². The Morgan fingerprint density at radius 2 is 1.73 bits per heavy atom. The number of nitrogens with one attached hydrogen (secondary N) is 1. The molecule has 0 aliphatic carbocycles. The third-order valence-corrected chi connectivity index (χ3v) is 5.63. The van der Waals surface area contributed by atoms with Gasteiger partial charge in [-0.3, -0.25) is 19.1 Å². The van der Waals surface area contributed by atoms with Crippen molar-refractivity contribution in [1.29, 1.82) is 0 Å². The van der Waals surface area contributed by atoms with Crippen LogP contribution in [0.2, 0.25) is 0 Å². The van der Waals surface area contributed by atoms with Gasteiger partial charge in [-0.25, -0.2) is 4.98 Å². The number of amides is 1. The number of hydrogen-bond acceptors (Lipinski definition) is 5. The molecular weight excluding hydrogens is 378 g/mol. The van der Waals surface area contributed by atoms with Gasteiger partial charge in [0.25, 0.3) is 5.56 Å². The number of aromatic nitrogens is 2. The summed E-state index contributed by atoms with van der Waals surface area (Å²) in [5, 5.41) is 3.16. The maximum Gasteiger partial charge on any atom is 0.269 e. The number of nitrogens with zero attached hydrogens (tertiary/aromatic N) is 4. The maximum atomic E-state index is 13.0. The minimum atomic E-state index is -0.279. The second-order valence-electron chi connectivity index (χ2n) is 7.81. The highest BCUT2D eigenvalue weighted by molar-refractivity contribution is 5.80. The minimum absolute atomic E-state index is 0.0338. The van der Waals surface area contributed by atoms with Crippen molar-refractivity contribution >= 4 is 16.9 Å². The lowest BCUT2D eigenvalue weighted by Crippen LogP contribution is -2.48. The molecule has 30 heavy (non-hydrogen) atoms. The van der Waals surface area contributed by atoms with E-state index in [9.17, 15) is 9.59 Å². The number of benzene rings is 2. The lowest BCUT2D eigenvalue weighted by Gasteiger charge is -2.35. The number of piperazine rings is 1. The molecule has 1 unspecified atom stereocenters. The van der Waals surface area contributed by atoms with Crippen molar-refractivity contribution in [2.24, 2.45) is 0 Å². The summed E-state index contributed by atoms with van der Waals surface area (Å²) in [7, 11) is 2.13. The third-order valence-electron chi connectivity index (χ3n) is 5.63. The fraction of sp³-hybridized carbons (Fsp3) is 0.348. The van der Waals surface area contributed by atoms with Gasteiger partial charge in [0.1, 0.15) is 6.54 Å². The molecular formula is C23H27N5O2. The topological polar surface area (TPSA) is 70.5 Å². The summed E-state index contributed by atoms with van der Waals surface area (Å²) >= 11 is 0. The van der Waals surface area contributed by atoms with Crippen molar-refractivity contribution in [2.75, 3.05) is 39.8 Å². The van der Waals surface area contributed by atoms with Gasteiger partial charge in [0.05, 0.1) is 23.3 Å². The Balaban J connectivity index is 1.52. The van der Waals surface area contributed by atoms with Crippen molar-refractivity contribution in [2.45, 2.75) is 12.6 Å². The molecule has 1 aliphatic heterocycles. The first kappa shape index (κ1) is 20.3. The number of fused-ring (bicyclic) bond motifs is 1. The number of likely N-dealkylation sites (N-methyl/N-ethyl adjacent to an activating group) is 1. The lowest BCUT2D eigenvalue weighted by atomic mass is 10.1. The van der Waals surface area contributed by atoms with Crippen LogP contribution in [0, 0.1) is 0 Å². The van der Waals surface area contributed by atoms with Gasteiger partial charge in [-0.1, -0.05) is 42.5 Å². The first-order valence-electron chi connectivity index (χ1n) is 10.3. The fourth-order valence-corrected chi connectivity index (χ4v) is 3.87. The number of carbonyl (C=O) groups is 1. The van der Waals surface area contributed by atoms with Gasteiger partial charge in [0, 0.05) is 32.7 Å². The smallest absolute Gasteiger partial charge is 0.269 e. The van der Waals surface area contributed by atoms with E-state index in [0.29, 0.717) is 11.0 Å². The first-order chi connectivity index (χ1) is 14.6. The Morgan fingerprint density at radius 1 is 1.03 bits per heavy atom. The van der Waals surface area contributed by atoms with Crippen LogP contribution in [-0.2, 0) is 11.3 Å². The fourth-order valence-electron chi connectivity index (χ4n) is 3.87. The molecule has 0 bridgehead atoms. The molecule has 1 saturated heterocycles. The molecule has 0 spiro atoms. The Hall–Kier alpha value is -3.03. The Bertz CT molecular complexity index is 1060. The van der Waals surface area contributed by atoms with Gasteiger partial charge < -0.3 is 10.2 Å². The molecule has 1 N–H and O–H groups in total. The van der Waals surface area contributed by atoms with E-state index < -0.39 is 0 Å². The molecule has 0 saturated carbocycles. The zero-order valence-corrected chi connectivity index (χ0v) is 17.2. The number of para-hydroxylation sites is 2. The van der Waals surface area contributed by atoms with Crippen LogP contribution >= 0.6 is 0 Å². The van der Waals surface area contributed by atoms with Gasteiger partial charge in [-0.05, 0) is 24.7 Å². The first-order valence-corrected chi connectivity index (χ1v) is 10.3. The van der Waals surface area contributed by atoms with Crippen LogP contribution in [0.4, 0.5) is 0 Å². The van der Waals surface area contributed by atoms with Crippen LogP contribution in [0.15, 0.2) is 65.6 Å². The normalized spacial score (nSPS) is 16.4. The highest BCUT2D eigenvalue weighted by Crippen LogP contribution is 2.16. The van der Waals surface area contributed by atoms with E-state index in [0.717, 1.165) is 38.3 Å². The van der Waals surface area contributed by atoms with Crippen molar-refractivity contribution in [3.05, 3.63) is 76.7 Å². The molecule has 156 valence electrons. The predicted octanol–water partition coefficient (Wildman–Crippen LogP) is 1.50. The SMILES string of the molecule is CN1CCN(CC(NC(=O)Cn2c(=O)cnc3ccccc32)c2ccccc2)CC1. The Morgan fingerprint density at radius 3 is 2.50 bits per heavy atom. The summed E-state index contributed by atoms with van der Waals surface area (Å²) in [5.41, 5.74) is 2.15. The highest BCUT2D eigenvalue weighted by atomic mass is 16.2. The van der Waals surface area contributed by atoms with E-state index in [1.54, 1.807) is 0 Å². The van der Waals surface area contributed by atoms with Crippen LogP contribution in [-0.4, -0.2) is 65.0 Å². The monoisotopic (exact) mass is 405 g/mol. The average Bonchev–Trinajstić information content (AvgIpc) is 2.77. The van der Waals surface area contributed by atoms with Crippen molar-refractivity contribution in [3.8, 4) is 0 Å². The zero-order chi connectivity index (χ0) is 20.9. The zero-order valence-electron chi connectivity index (χ0n) is 17.2. The quantitative estimate of drug-likeness (QED) is 0.673. The van der Waals surface area contributed by atoms with Crippen LogP contribution < -0.4 is 10.9 Å². The van der Waals surface area contributed by atoms with E-state index in [4.69, 9.17) is 0 Å². The molecule has 0 radical (unpaired) electrons. The van der Waals surface area contributed by atoms with Crippen LogP contribution in [0.3, 0.4) is 0 Å². The van der Waals surface area contributed by atoms with Crippen molar-refractivity contribution in [1.82, 2.24) is 24.7 Å². The molecule has 2 aromatic carbocycles. The van der Waals surface area contributed by atoms with Crippen LogP contribution in [0.25, 0.3) is 11.0 Å². The predicted molar refractivity (Wildman–Crippen MR) is 117 cm³/mol. The molecule has 7 nitrogen and oxygen atoms in total. The summed E-state index contributed by atoms with van der Waals surface area (Å²) < 4.78 is 1.48. The molecule has 7 heteroatoms. The summed E-state index contributed by atoms with van der Waals surface area (Å²) in [6.07, 6.45) is 1.27. The number of hydrogen-bond donors (Lipinski definition) is 1. The molecule has 4 rings (SSSR count). The third kappa shape index (κ3) is 4.75. The van der Waals surface area contributed by atoms with Gasteiger partial charge in [-0.15, -0.1) is 0 Å². The molecule has 1 aromatic heterocycles. The molecule has 1 aliphatic rings. The van der Waals surface area contributed by atoms with Crippen molar-refractivity contribution < 1.29 is 4.79 Å². The van der Waals surface area contributed by atoms with Gasteiger partial charge >= 0.3 is 0 Å². The lowest BCUT2D eigenvalue weighted by molar-refractivity contribution is -0.122. The molecule has 1 amide bonds. The van der Waals surface area contributed by atoms with E-state index in [1.165, 1.54) is 10.8 Å². The largest absolute Gasteiger partial charge is 0.346 e. The van der Waals surface area contributed by atoms with Gasteiger partial charge in [0.2, 0.25) is 5.91 Å².